The van der Waals surface area contributed by atoms with E-state index in [1.807, 2.05) is 13.0 Å². The minimum absolute atomic E-state index is 0.00699. The number of thioether (sulfide) groups is 1. The molecule has 1 atom stereocenters. The van der Waals surface area contributed by atoms with E-state index in [0.29, 0.717) is 31.0 Å². The summed E-state index contributed by atoms with van der Waals surface area (Å²) in [6, 6.07) is 1.94. The highest BCUT2D eigenvalue weighted by Crippen LogP contribution is 2.39. The molecular formula is C15H19N5O2S. The molecule has 0 bridgehead atoms. The number of nitriles is 1. The first-order chi connectivity index (χ1) is 11.1. The van der Waals surface area contributed by atoms with Gasteiger partial charge in [-0.25, -0.2) is 4.98 Å². The number of rotatable bonds is 6. The summed E-state index contributed by atoms with van der Waals surface area (Å²) in [5.74, 6) is 0.328. The number of nitrogens with zero attached hydrogens (tertiary/aromatic N) is 3. The van der Waals surface area contributed by atoms with Crippen LogP contribution in [0.15, 0.2) is 23.0 Å². The van der Waals surface area contributed by atoms with Gasteiger partial charge in [0.1, 0.15) is 22.5 Å². The van der Waals surface area contributed by atoms with Crippen LogP contribution < -0.4 is 5.32 Å². The summed E-state index contributed by atoms with van der Waals surface area (Å²) in [5, 5.41) is 12.1. The third kappa shape index (κ3) is 3.74. The molecule has 8 heteroatoms. The third-order valence-electron chi connectivity index (χ3n) is 3.44. The zero-order chi connectivity index (χ0) is 16.8. The fourth-order valence-corrected chi connectivity index (χ4v) is 3.68. The largest absolute Gasteiger partial charge is 0.352 e. The van der Waals surface area contributed by atoms with Gasteiger partial charge in [-0.1, -0.05) is 11.8 Å². The molecule has 23 heavy (non-hydrogen) atoms. The van der Waals surface area contributed by atoms with E-state index < -0.39 is 5.91 Å². The van der Waals surface area contributed by atoms with Gasteiger partial charge in [-0.3, -0.25) is 9.59 Å². The maximum atomic E-state index is 12.5. The van der Waals surface area contributed by atoms with Crippen molar-refractivity contribution in [2.75, 3.05) is 13.1 Å². The molecule has 2 N–H and O–H groups in total. The van der Waals surface area contributed by atoms with Crippen LogP contribution in [0.2, 0.25) is 0 Å². The molecule has 0 saturated carbocycles. The number of aryl methyl sites for hydroxylation is 1. The minimum Gasteiger partial charge on any atom is -0.352 e. The number of carbonyl (C=O) groups is 2. The van der Waals surface area contributed by atoms with Crippen LogP contribution in [0.1, 0.15) is 26.1 Å². The summed E-state index contributed by atoms with van der Waals surface area (Å²) in [4.78, 5) is 33.2. The first-order valence-electron chi connectivity index (χ1n) is 7.51. The zero-order valence-electron chi connectivity index (χ0n) is 13.1. The number of nitrogens with one attached hydrogen (secondary N) is 2. The molecule has 1 aromatic heterocycles. The van der Waals surface area contributed by atoms with Crippen molar-refractivity contribution in [3.63, 3.8) is 0 Å². The van der Waals surface area contributed by atoms with Crippen molar-refractivity contribution in [2.45, 2.75) is 31.9 Å². The van der Waals surface area contributed by atoms with Gasteiger partial charge in [0.05, 0.1) is 5.25 Å². The van der Waals surface area contributed by atoms with Gasteiger partial charge >= 0.3 is 0 Å². The van der Waals surface area contributed by atoms with Crippen molar-refractivity contribution in [3.8, 4) is 6.07 Å². The number of imidazole rings is 1. The molecule has 2 heterocycles. The molecule has 1 fully saturated rings. The average molecular weight is 333 g/mol. The van der Waals surface area contributed by atoms with Crippen molar-refractivity contribution >= 4 is 23.6 Å². The first kappa shape index (κ1) is 17.1. The molecule has 2 amide bonds. The fraction of sp³-hybridized carbons (Fsp3) is 0.467. The fourth-order valence-electron chi connectivity index (χ4n) is 2.35. The number of carbonyl (C=O) groups excluding carboxylic acids is 2. The number of aromatic nitrogens is 2. The predicted octanol–water partition coefficient (Wildman–Crippen LogP) is 1.18. The van der Waals surface area contributed by atoms with Gasteiger partial charge in [-0.2, -0.15) is 5.26 Å². The van der Waals surface area contributed by atoms with Crippen LogP contribution in [-0.2, 0) is 16.0 Å². The quantitative estimate of drug-likeness (QED) is 0.601. The number of likely N-dealkylation sites (N-methyl/N-ethyl adjacent to an activating group) is 1. The number of H-pyrrole nitrogens is 1. The van der Waals surface area contributed by atoms with Crippen molar-refractivity contribution in [3.05, 3.63) is 28.8 Å². The highest BCUT2D eigenvalue weighted by molar-refractivity contribution is 8.04. The topological polar surface area (TPSA) is 102 Å². The van der Waals surface area contributed by atoms with Gasteiger partial charge in [0.15, 0.2) is 0 Å². The van der Waals surface area contributed by atoms with Crippen LogP contribution in [0.3, 0.4) is 0 Å². The normalized spacial score (nSPS) is 19.6. The van der Waals surface area contributed by atoms with Crippen LogP contribution >= 0.6 is 11.8 Å². The molecule has 0 radical (unpaired) electrons. The number of amides is 2. The summed E-state index contributed by atoms with van der Waals surface area (Å²) in [6.07, 6.45) is 4.66. The lowest BCUT2D eigenvalue weighted by Gasteiger charge is -2.15. The number of hydrogen-bond donors (Lipinski definition) is 2. The minimum atomic E-state index is -0.435. The lowest BCUT2D eigenvalue weighted by molar-refractivity contribution is -0.127. The second-order valence-corrected chi connectivity index (χ2v) is 6.11. The van der Waals surface area contributed by atoms with Crippen molar-refractivity contribution in [1.82, 2.24) is 20.2 Å². The van der Waals surface area contributed by atoms with Gasteiger partial charge in [0.2, 0.25) is 5.91 Å². The Hall–Kier alpha value is -2.27. The monoisotopic (exact) mass is 333 g/mol. The summed E-state index contributed by atoms with van der Waals surface area (Å²) in [6.45, 7) is 4.49. The van der Waals surface area contributed by atoms with Crippen LogP contribution in [0.25, 0.3) is 0 Å². The van der Waals surface area contributed by atoms with E-state index in [1.54, 1.807) is 19.3 Å². The molecule has 2 rings (SSSR count). The molecule has 1 unspecified atom stereocenters. The van der Waals surface area contributed by atoms with Gasteiger partial charge in [0.25, 0.3) is 5.91 Å². The van der Waals surface area contributed by atoms with Crippen LogP contribution in [0.5, 0.6) is 0 Å². The lowest BCUT2D eigenvalue weighted by Crippen LogP contribution is -2.31. The Kier molecular flexibility index (Phi) is 5.82. The van der Waals surface area contributed by atoms with E-state index in [2.05, 4.69) is 15.3 Å². The van der Waals surface area contributed by atoms with Gasteiger partial charge in [0, 0.05) is 31.9 Å². The molecule has 0 spiro atoms. The van der Waals surface area contributed by atoms with Crippen molar-refractivity contribution in [1.29, 1.82) is 5.26 Å². The number of aromatic amines is 1. The molecule has 1 aromatic rings. The molecule has 1 saturated heterocycles. The Morgan fingerprint density at radius 3 is 2.91 bits per heavy atom. The maximum Gasteiger partial charge on any atom is 0.264 e. The Labute approximate surface area is 139 Å². The van der Waals surface area contributed by atoms with Crippen molar-refractivity contribution in [2.24, 2.45) is 0 Å². The van der Waals surface area contributed by atoms with Gasteiger partial charge in [-0.15, -0.1) is 0 Å². The lowest BCUT2D eigenvalue weighted by atomic mass is 10.2. The predicted molar refractivity (Wildman–Crippen MR) is 87.0 cm³/mol. The maximum absolute atomic E-state index is 12.5. The van der Waals surface area contributed by atoms with Crippen LogP contribution in [0, 0.1) is 11.3 Å². The smallest absolute Gasteiger partial charge is 0.264 e. The molecule has 1 aliphatic rings. The van der Waals surface area contributed by atoms with E-state index in [-0.39, 0.29) is 16.7 Å². The van der Waals surface area contributed by atoms with Gasteiger partial charge < -0.3 is 15.2 Å². The Morgan fingerprint density at radius 2 is 2.35 bits per heavy atom. The van der Waals surface area contributed by atoms with Crippen molar-refractivity contribution < 1.29 is 9.59 Å². The van der Waals surface area contributed by atoms with E-state index in [0.717, 1.165) is 5.82 Å². The second-order valence-electron chi connectivity index (χ2n) is 4.91. The van der Waals surface area contributed by atoms with Crippen LogP contribution in [0.4, 0.5) is 0 Å². The second kappa shape index (κ2) is 7.83. The highest BCUT2D eigenvalue weighted by atomic mass is 32.2. The van der Waals surface area contributed by atoms with E-state index in [4.69, 9.17) is 0 Å². The summed E-state index contributed by atoms with van der Waals surface area (Å²) in [5.41, 5.74) is 0.00699. The van der Waals surface area contributed by atoms with E-state index in [9.17, 15) is 14.9 Å². The Balaban J connectivity index is 2.19. The van der Waals surface area contributed by atoms with Crippen LogP contribution in [-0.4, -0.2) is 45.0 Å². The average Bonchev–Trinajstić information content (AvgIpc) is 3.15. The summed E-state index contributed by atoms with van der Waals surface area (Å²) in [7, 11) is 0. The molecular weight excluding hydrogens is 314 g/mol. The van der Waals surface area contributed by atoms with Gasteiger partial charge in [-0.05, 0) is 20.3 Å². The number of hydrogen-bond acceptors (Lipinski definition) is 5. The first-order valence-corrected chi connectivity index (χ1v) is 8.39. The van der Waals surface area contributed by atoms with E-state index >= 15 is 0 Å². The molecule has 0 aliphatic carbocycles. The molecule has 7 nitrogen and oxygen atoms in total. The molecule has 122 valence electrons. The molecule has 0 aromatic carbocycles. The third-order valence-corrected chi connectivity index (χ3v) is 4.81. The Bertz CT molecular complexity index is 647. The molecule has 1 aliphatic heterocycles. The SMILES string of the molecule is CCNC(=O)C(C#N)=C1SC(CCc2ncc[nH]2)C(=O)N1CC. The summed E-state index contributed by atoms with van der Waals surface area (Å²) < 4.78 is 0. The van der Waals surface area contributed by atoms with E-state index in [1.165, 1.54) is 16.7 Å². The zero-order valence-corrected chi connectivity index (χ0v) is 13.9. The standard InChI is InChI=1S/C15H19N5O2S/c1-3-17-13(21)10(9-16)15-20(4-2)14(22)11(23-15)5-6-12-18-7-8-19-12/h7-8,11H,3-6H2,1-2H3,(H,17,21)(H,18,19). The highest BCUT2D eigenvalue weighted by Gasteiger charge is 2.38. The summed E-state index contributed by atoms with van der Waals surface area (Å²) >= 11 is 1.29. The Morgan fingerprint density at radius 1 is 1.57 bits per heavy atom.